The van der Waals surface area contributed by atoms with Gasteiger partial charge in [0.1, 0.15) is 24.1 Å². The molecule has 2 atom stereocenters. The SMILES string of the molecule is CN[C@@H](C)CN[C@H]1COc2ccccc2N(Cc2c(OC)ccc3cc(C(=O)OC)ccc23)C1=O. The van der Waals surface area contributed by atoms with E-state index in [2.05, 4.69) is 10.6 Å². The Morgan fingerprint density at radius 1 is 1.17 bits per heavy atom. The summed E-state index contributed by atoms with van der Waals surface area (Å²) in [5.41, 5.74) is 2.01. The van der Waals surface area contributed by atoms with Crippen LogP contribution in [0.4, 0.5) is 5.69 Å². The highest BCUT2D eigenvalue weighted by molar-refractivity contribution is 6.01. The fourth-order valence-corrected chi connectivity index (χ4v) is 4.22. The van der Waals surface area contributed by atoms with Crippen molar-refractivity contribution in [2.24, 2.45) is 0 Å². The van der Waals surface area contributed by atoms with Gasteiger partial charge in [-0.3, -0.25) is 4.79 Å². The topological polar surface area (TPSA) is 89.1 Å². The van der Waals surface area contributed by atoms with Crippen LogP contribution in [0, 0.1) is 0 Å². The Morgan fingerprint density at radius 2 is 1.97 bits per heavy atom. The van der Waals surface area contributed by atoms with Gasteiger partial charge in [0, 0.05) is 18.2 Å². The Morgan fingerprint density at radius 3 is 2.71 bits per heavy atom. The first-order valence-corrected chi connectivity index (χ1v) is 11.6. The molecule has 1 amide bonds. The molecule has 3 aromatic rings. The first kappa shape index (κ1) is 24.5. The maximum absolute atomic E-state index is 13.8. The fraction of sp³-hybridized carbons (Fsp3) is 0.333. The number of esters is 1. The molecule has 0 spiro atoms. The molecule has 1 aliphatic rings. The van der Waals surface area contributed by atoms with Crippen molar-refractivity contribution in [3.05, 3.63) is 65.7 Å². The molecule has 3 aromatic carbocycles. The van der Waals surface area contributed by atoms with Crippen LogP contribution >= 0.6 is 0 Å². The molecular weight excluding hydrogens is 446 g/mol. The molecule has 0 bridgehead atoms. The number of rotatable bonds is 8. The summed E-state index contributed by atoms with van der Waals surface area (Å²) in [6, 6.07) is 16.4. The van der Waals surface area contributed by atoms with Crippen molar-refractivity contribution in [3.63, 3.8) is 0 Å². The van der Waals surface area contributed by atoms with Crippen molar-refractivity contribution in [1.29, 1.82) is 0 Å². The number of fused-ring (bicyclic) bond motifs is 2. The largest absolute Gasteiger partial charge is 0.496 e. The maximum atomic E-state index is 13.8. The monoisotopic (exact) mass is 477 g/mol. The number of nitrogens with one attached hydrogen (secondary N) is 2. The van der Waals surface area contributed by atoms with Crippen molar-refractivity contribution >= 4 is 28.3 Å². The van der Waals surface area contributed by atoms with Crippen LogP contribution in [0.3, 0.4) is 0 Å². The third-order valence-corrected chi connectivity index (χ3v) is 6.33. The Balaban J connectivity index is 1.76. The standard InChI is InChI=1S/C27H31N3O5/c1-17(28-2)14-29-22-16-35-25-8-6-5-7-23(25)30(26(22)31)15-21-20-11-9-19(27(32)34-4)13-18(20)10-12-24(21)33-3/h5-13,17,22,28-29H,14-16H2,1-4H3/t17-,22-/m0/s1. The van der Waals surface area contributed by atoms with E-state index < -0.39 is 12.0 Å². The molecule has 0 saturated heterocycles. The van der Waals surface area contributed by atoms with Gasteiger partial charge < -0.3 is 29.7 Å². The van der Waals surface area contributed by atoms with Crippen LogP contribution in [0.25, 0.3) is 10.8 Å². The van der Waals surface area contributed by atoms with E-state index in [-0.39, 0.29) is 25.1 Å². The van der Waals surface area contributed by atoms with Gasteiger partial charge in [-0.1, -0.05) is 24.3 Å². The molecule has 8 heteroatoms. The summed E-state index contributed by atoms with van der Waals surface area (Å²) >= 11 is 0. The van der Waals surface area contributed by atoms with Crippen LogP contribution in [0.2, 0.25) is 0 Å². The molecule has 35 heavy (non-hydrogen) atoms. The van der Waals surface area contributed by atoms with E-state index in [1.54, 1.807) is 24.1 Å². The van der Waals surface area contributed by atoms with Gasteiger partial charge in [-0.25, -0.2) is 4.79 Å². The highest BCUT2D eigenvalue weighted by atomic mass is 16.5. The van der Waals surface area contributed by atoms with Crippen molar-refractivity contribution in [3.8, 4) is 11.5 Å². The van der Waals surface area contributed by atoms with E-state index in [4.69, 9.17) is 14.2 Å². The minimum atomic E-state index is -0.509. The van der Waals surface area contributed by atoms with Crippen LogP contribution < -0.4 is 25.0 Å². The van der Waals surface area contributed by atoms with Crippen molar-refractivity contribution in [2.45, 2.75) is 25.6 Å². The lowest BCUT2D eigenvalue weighted by atomic mass is 10.00. The molecule has 0 fully saturated rings. The van der Waals surface area contributed by atoms with Gasteiger partial charge in [0.05, 0.1) is 32.0 Å². The molecule has 0 saturated carbocycles. The summed E-state index contributed by atoms with van der Waals surface area (Å²) in [6.45, 7) is 3.18. The number of likely N-dealkylation sites (N-methyl/N-ethyl adjacent to an activating group) is 1. The average Bonchev–Trinajstić information content (AvgIpc) is 3.02. The molecule has 8 nitrogen and oxygen atoms in total. The quantitative estimate of drug-likeness (QED) is 0.482. The van der Waals surface area contributed by atoms with E-state index in [1.807, 2.05) is 56.4 Å². The van der Waals surface area contributed by atoms with Gasteiger partial charge >= 0.3 is 5.97 Å². The molecule has 0 unspecified atom stereocenters. The van der Waals surface area contributed by atoms with Crippen LogP contribution in [-0.2, 0) is 16.1 Å². The zero-order chi connectivity index (χ0) is 24.9. The van der Waals surface area contributed by atoms with E-state index in [1.165, 1.54) is 7.11 Å². The number of ether oxygens (including phenoxy) is 3. The first-order valence-electron chi connectivity index (χ1n) is 11.6. The third kappa shape index (κ3) is 5.08. The Bertz CT molecular complexity index is 1230. The summed E-state index contributed by atoms with van der Waals surface area (Å²) in [5, 5.41) is 8.27. The van der Waals surface area contributed by atoms with Gasteiger partial charge in [0.15, 0.2) is 0 Å². The summed E-state index contributed by atoms with van der Waals surface area (Å²) in [6.07, 6.45) is 0. The molecule has 4 rings (SSSR count). The smallest absolute Gasteiger partial charge is 0.337 e. The minimum absolute atomic E-state index is 0.0801. The second-order valence-corrected chi connectivity index (χ2v) is 8.53. The van der Waals surface area contributed by atoms with Crippen LogP contribution in [-0.4, -0.2) is 58.4 Å². The number of nitrogens with zero attached hydrogens (tertiary/aromatic N) is 1. The highest BCUT2D eigenvalue weighted by Crippen LogP contribution is 2.36. The summed E-state index contributed by atoms with van der Waals surface area (Å²) in [4.78, 5) is 27.6. The molecule has 2 N–H and O–H groups in total. The van der Waals surface area contributed by atoms with E-state index in [0.29, 0.717) is 29.3 Å². The summed E-state index contributed by atoms with van der Waals surface area (Å²) in [5.74, 6) is 0.831. The minimum Gasteiger partial charge on any atom is -0.496 e. The number of hydrogen-bond donors (Lipinski definition) is 2. The van der Waals surface area contributed by atoms with Gasteiger partial charge in [-0.15, -0.1) is 0 Å². The predicted octanol–water partition coefficient (Wildman–Crippen LogP) is 3.13. The van der Waals surface area contributed by atoms with Crippen molar-refractivity contribution < 1.29 is 23.8 Å². The number of benzene rings is 3. The highest BCUT2D eigenvalue weighted by Gasteiger charge is 2.32. The third-order valence-electron chi connectivity index (χ3n) is 6.33. The average molecular weight is 478 g/mol. The zero-order valence-electron chi connectivity index (χ0n) is 20.5. The summed E-state index contributed by atoms with van der Waals surface area (Å²) < 4.78 is 16.6. The number of carbonyl (C=O) groups is 2. The molecule has 1 aliphatic heterocycles. The molecule has 184 valence electrons. The number of para-hydroxylation sites is 2. The normalized spacial score (nSPS) is 16.3. The Kier molecular flexibility index (Phi) is 7.53. The molecule has 0 aliphatic carbocycles. The van der Waals surface area contributed by atoms with Crippen molar-refractivity contribution in [1.82, 2.24) is 10.6 Å². The number of carbonyl (C=O) groups excluding carboxylic acids is 2. The Labute approximate surface area is 205 Å². The lowest BCUT2D eigenvalue weighted by molar-refractivity contribution is -0.121. The Hall–Kier alpha value is -3.62. The summed E-state index contributed by atoms with van der Waals surface area (Å²) in [7, 11) is 4.86. The van der Waals surface area contributed by atoms with Gasteiger partial charge in [-0.05, 0) is 55.1 Å². The fourth-order valence-electron chi connectivity index (χ4n) is 4.22. The molecule has 0 aromatic heterocycles. The van der Waals surface area contributed by atoms with Gasteiger partial charge in [0.2, 0.25) is 5.91 Å². The number of amides is 1. The van der Waals surface area contributed by atoms with E-state index in [9.17, 15) is 9.59 Å². The number of anilines is 1. The van der Waals surface area contributed by atoms with Crippen LogP contribution in [0.5, 0.6) is 11.5 Å². The number of hydrogen-bond acceptors (Lipinski definition) is 7. The molecule has 1 heterocycles. The lowest BCUT2D eigenvalue weighted by Crippen LogP contribution is -2.51. The van der Waals surface area contributed by atoms with Crippen LogP contribution in [0.15, 0.2) is 54.6 Å². The van der Waals surface area contributed by atoms with Gasteiger partial charge in [0.25, 0.3) is 0 Å². The molecular formula is C27H31N3O5. The second kappa shape index (κ2) is 10.8. The van der Waals surface area contributed by atoms with Crippen LogP contribution in [0.1, 0.15) is 22.8 Å². The zero-order valence-corrected chi connectivity index (χ0v) is 20.5. The predicted molar refractivity (Wildman–Crippen MR) is 135 cm³/mol. The number of methoxy groups -OCH3 is 2. The first-order chi connectivity index (χ1) is 17.0. The van der Waals surface area contributed by atoms with E-state index in [0.717, 1.165) is 16.3 Å². The maximum Gasteiger partial charge on any atom is 0.337 e. The van der Waals surface area contributed by atoms with Crippen molar-refractivity contribution in [2.75, 3.05) is 39.3 Å². The lowest BCUT2D eigenvalue weighted by Gasteiger charge is -2.27. The van der Waals surface area contributed by atoms with Gasteiger partial charge in [-0.2, -0.15) is 0 Å². The molecule has 0 radical (unpaired) electrons. The second-order valence-electron chi connectivity index (χ2n) is 8.53. The van der Waals surface area contributed by atoms with E-state index >= 15 is 0 Å².